The zero-order chi connectivity index (χ0) is 32.5. The topological polar surface area (TPSA) is 145 Å². The number of rotatable bonds is 6. The van der Waals surface area contributed by atoms with Crippen LogP contribution in [0.15, 0.2) is 36.5 Å². The Labute approximate surface area is 263 Å². The number of β-amino-alcohol motifs (C(OH)–C–C–N with tert-alkyl or cyclic N) is 1. The molecule has 0 bridgehead atoms. The second-order valence-electron chi connectivity index (χ2n) is 13.9. The molecule has 5 rings (SSSR count). The molecular formula is C33H43N7O5. The van der Waals surface area contributed by atoms with E-state index in [1.165, 1.54) is 4.90 Å². The Morgan fingerprint density at radius 3 is 2.47 bits per heavy atom. The van der Waals surface area contributed by atoms with Crippen LogP contribution in [0.25, 0.3) is 5.65 Å². The van der Waals surface area contributed by atoms with Crippen LogP contribution < -0.4 is 10.2 Å². The maximum atomic E-state index is 13.8. The van der Waals surface area contributed by atoms with Crippen LogP contribution in [-0.2, 0) is 9.47 Å². The third-order valence-corrected chi connectivity index (χ3v) is 7.98. The number of carbonyl (C=O) groups excluding carboxylic acids is 2. The SMILES string of the molecule is CC(C)(C)OC(=O)N1CC[C@H](CNc2cc(N(C(=O)OC(C)(C)C)c3cccc(C#N)c3)n3ncc(C4CCC4)c3n2)[C@@H](O)C1. The van der Waals surface area contributed by atoms with E-state index >= 15 is 0 Å². The van der Waals surface area contributed by atoms with Crippen LogP contribution in [0.5, 0.6) is 0 Å². The third kappa shape index (κ3) is 7.48. The number of hydrogen-bond acceptors (Lipinski definition) is 9. The summed E-state index contributed by atoms with van der Waals surface area (Å²) in [6.45, 7) is 11.9. The van der Waals surface area contributed by atoms with E-state index in [0.29, 0.717) is 54.0 Å². The Hall–Kier alpha value is -4.37. The van der Waals surface area contributed by atoms with Crippen LogP contribution in [0, 0.1) is 17.2 Å². The summed E-state index contributed by atoms with van der Waals surface area (Å²) in [6.07, 6.45) is 3.80. The van der Waals surface area contributed by atoms with Crippen molar-refractivity contribution in [2.24, 2.45) is 5.92 Å². The molecule has 2 amide bonds. The maximum absolute atomic E-state index is 13.8. The molecule has 1 aliphatic heterocycles. The normalized spacial score (nSPS) is 19.0. The first-order chi connectivity index (χ1) is 21.2. The van der Waals surface area contributed by atoms with Crippen molar-refractivity contribution in [3.63, 3.8) is 0 Å². The van der Waals surface area contributed by atoms with Gasteiger partial charge in [-0.1, -0.05) is 12.5 Å². The first-order valence-electron chi connectivity index (χ1n) is 15.5. The van der Waals surface area contributed by atoms with Crippen LogP contribution in [0.2, 0.25) is 0 Å². The number of likely N-dealkylation sites (tertiary alicyclic amines) is 1. The van der Waals surface area contributed by atoms with Gasteiger partial charge in [-0.25, -0.2) is 19.5 Å². The van der Waals surface area contributed by atoms with E-state index in [1.807, 2.05) is 27.0 Å². The van der Waals surface area contributed by atoms with Gasteiger partial charge in [-0.05, 0) is 84.9 Å². The van der Waals surface area contributed by atoms with Crippen molar-refractivity contribution in [2.75, 3.05) is 29.9 Å². The lowest BCUT2D eigenvalue weighted by Gasteiger charge is -2.36. The van der Waals surface area contributed by atoms with E-state index in [2.05, 4.69) is 16.5 Å². The highest BCUT2D eigenvalue weighted by molar-refractivity contribution is 5.96. The van der Waals surface area contributed by atoms with Crippen molar-refractivity contribution in [2.45, 2.75) is 90.4 Å². The zero-order valence-corrected chi connectivity index (χ0v) is 26.9. The summed E-state index contributed by atoms with van der Waals surface area (Å²) in [7, 11) is 0. The number of aromatic nitrogens is 3. The van der Waals surface area contributed by atoms with Crippen molar-refractivity contribution < 1.29 is 24.2 Å². The average Bonchev–Trinajstić information content (AvgIpc) is 3.33. The number of benzene rings is 1. The van der Waals surface area contributed by atoms with E-state index in [4.69, 9.17) is 14.5 Å². The second-order valence-corrected chi connectivity index (χ2v) is 13.9. The molecule has 1 saturated carbocycles. The molecule has 3 heterocycles. The van der Waals surface area contributed by atoms with Crippen LogP contribution >= 0.6 is 0 Å². The van der Waals surface area contributed by atoms with Gasteiger partial charge in [0.05, 0.1) is 36.2 Å². The van der Waals surface area contributed by atoms with E-state index in [0.717, 1.165) is 24.8 Å². The van der Waals surface area contributed by atoms with Crippen molar-refractivity contribution in [1.82, 2.24) is 19.5 Å². The van der Waals surface area contributed by atoms with Crippen LogP contribution in [-0.4, -0.2) is 73.7 Å². The highest BCUT2D eigenvalue weighted by Crippen LogP contribution is 2.40. The van der Waals surface area contributed by atoms with E-state index in [9.17, 15) is 20.0 Å². The number of amides is 2. The second kappa shape index (κ2) is 12.6. The van der Waals surface area contributed by atoms with E-state index in [1.54, 1.807) is 60.5 Å². The summed E-state index contributed by atoms with van der Waals surface area (Å²) in [5.74, 6) is 1.09. The number of piperidine rings is 1. The monoisotopic (exact) mass is 617 g/mol. The van der Waals surface area contributed by atoms with Crippen LogP contribution in [0.3, 0.4) is 0 Å². The van der Waals surface area contributed by atoms with E-state index in [-0.39, 0.29) is 12.5 Å². The fraction of sp³-hybridized carbons (Fsp3) is 0.545. The predicted octanol–water partition coefficient (Wildman–Crippen LogP) is 5.97. The lowest BCUT2D eigenvalue weighted by atomic mass is 9.81. The minimum Gasteiger partial charge on any atom is -0.444 e. The first kappa shape index (κ1) is 32.0. The molecular weight excluding hydrogens is 574 g/mol. The molecule has 1 saturated heterocycles. The third-order valence-electron chi connectivity index (χ3n) is 7.98. The van der Waals surface area contributed by atoms with Gasteiger partial charge in [0.2, 0.25) is 0 Å². The predicted molar refractivity (Wildman–Crippen MR) is 170 cm³/mol. The quantitative estimate of drug-likeness (QED) is 0.342. The van der Waals surface area contributed by atoms with Gasteiger partial charge in [-0.15, -0.1) is 0 Å². The summed E-state index contributed by atoms with van der Waals surface area (Å²) in [4.78, 5) is 34.2. The molecule has 3 aromatic rings. The van der Waals surface area contributed by atoms with Gasteiger partial charge in [0.1, 0.15) is 22.8 Å². The minimum atomic E-state index is -0.777. The molecule has 12 heteroatoms. The Balaban J connectivity index is 1.47. The number of fused-ring (bicyclic) bond motifs is 1. The summed E-state index contributed by atoms with van der Waals surface area (Å²) < 4.78 is 13.0. The molecule has 0 unspecified atom stereocenters. The van der Waals surface area contributed by atoms with Gasteiger partial charge in [0.15, 0.2) is 5.65 Å². The van der Waals surface area contributed by atoms with Gasteiger partial charge < -0.3 is 24.8 Å². The van der Waals surface area contributed by atoms with Gasteiger partial charge in [0, 0.05) is 30.6 Å². The number of nitriles is 1. The Kier molecular flexibility index (Phi) is 8.94. The summed E-state index contributed by atoms with van der Waals surface area (Å²) in [5.41, 5.74) is 1.09. The lowest BCUT2D eigenvalue weighted by Crippen LogP contribution is -2.49. The number of aliphatic hydroxyl groups excluding tert-OH is 1. The Morgan fingerprint density at radius 1 is 1.11 bits per heavy atom. The van der Waals surface area contributed by atoms with Crippen LogP contribution in [0.4, 0.5) is 26.9 Å². The van der Waals surface area contributed by atoms with Gasteiger partial charge >= 0.3 is 12.2 Å². The van der Waals surface area contributed by atoms with Gasteiger partial charge in [-0.3, -0.25) is 0 Å². The molecule has 2 N–H and O–H groups in total. The number of nitrogens with zero attached hydrogens (tertiary/aromatic N) is 6. The molecule has 45 heavy (non-hydrogen) atoms. The summed E-state index contributed by atoms with van der Waals surface area (Å²) in [6, 6.07) is 10.6. The average molecular weight is 618 g/mol. The van der Waals surface area contributed by atoms with Gasteiger partial charge in [-0.2, -0.15) is 14.9 Å². The molecule has 1 aromatic carbocycles. The number of anilines is 3. The molecule has 240 valence electrons. The fourth-order valence-corrected chi connectivity index (χ4v) is 5.52. The standard InChI is InChI=1S/C33H43N7O5/c1-32(2,3)44-30(42)38-14-13-23(26(41)20-38)18-35-27-16-28(40-29(37-27)25(19-36-40)22-10-8-11-22)39(31(43)45-33(4,5)6)24-12-7-9-21(15-24)17-34/h7,9,12,15-16,19,22-23,26,41H,8,10-11,13-14,18,20H2,1-6H3,(H,35,37)/t23-,26+/m1/s1. The molecule has 0 spiro atoms. The highest BCUT2D eigenvalue weighted by Gasteiger charge is 2.34. The van der Waals surface area contributed by atoms with Crippen molar-refractivity contribution in [1.29, 1.82) is 5.26 Å². The molecule has 2 aliphatic rings. The fourth-order valence-electron chi connectivity index (χ4n) is 5.52. The minimum absolute atomic E-state index is 0.143. The molecule has 2 aromatic heterocycles. The molecule has 2 atom stereocenters. The van der Waals surface area contributed by atoms with Gasteiger partial charge in [0.25, 0.3) is 0 Å². The summed E-state index contributed by atoms with van der Waals surface area (Å²) in [5, 5.41) is 28.6. The van der Waals surface area contributed by atoms with E-state index < -0.39 is 29.5 Å². The highest BCUT2D eigenvalue weighted by atomic mass is 16.6. The number of hydrogen-bond donors (Lipinski definition) is 2. The zero-order valence-electron chi connectivity index (χ0n) is 26.9. The Morgan fingerprint density at radius 2 is 1.84 bits per heavy atom. The van der Waals surface area contributed by atoms with Crippen molar-refractivity contribution in [3.8, 4) is 6.07 Å². The first-order valence-corrected chi connectivity index (χ1v) is 15.5. The molecule has 12 nitrogen and oxygen atoms in total. The number of aliphatic hydroxyl groups is 1. The van der Waals surface area contributed by atoms with Crippen LogP contribution in [0.1, 0.15) is 84.3 Å². The molecule has 0 radical (unpaired) electrons. The van der Waals surface area contributed by atoms with Crippen molar-refractivity contribution >= 4 is 35.2 Å². The number of carbonyl (C=O) groups is 2. The lowest BCUT2D eigenvalue weighted by molar-refractivity contribution is -0.0104. The molecule has 2 fully saturated rings. The number of ether oxygens (including phenoxy) is 2. The smallest absolute Gasteiger partial charge is 0.420 e. The molecule has 1 aliphatic carbocycles. The number of nitrogens with one attached hydrogen (secondary N) is 1. The Bertz CT molecular complexity index is 1600. The maximum Gasteiger partial charge on any atom is 0.420 e. The van der Waals surface area contributed by atoms with Crippen molar-refractivity contribution in [3.05, 3.63) is 47.7 Å². The largest absolute Gasteiger partial charge is 0.444 e. The summed E-state index contributed by atoms with van der Waals surface area (Å²) >= 11 is 0.